The highest BCUT2D eigenvalue weighted by Crippen LogP contribution is 2.23. The molecule has 0 fully saturated rings. The van der Waals surface area contributed by atoms with Gasteiger partial charge in [0.25, 0.3) is 0 Å². The number of aliphatic hydroxyl groups excluding tert-OH is 1. The largest absolute Gasteiger partial charge is 0.387 e. The third kappa shape index (κ3) is 3.70. The fourth-order valence-corrected chi connectivity index (χ4v) is 2.70. The number of H-pyrrole nitrogens is 1. The van der Waals surface area contributed by atoms with Crippen molar-refractivity contribution in [1.29, 1.82) is 0 Å². The number of rotatable bonds is 4. The molecule has 0 aliphatic rings. The van der Waals surface area contributed by atoms with Crippen molar-refractivity contribution in [1.82, 2.24) is 20.5 Å². The van der Waals surface area contributed by atoms with Crippen LogP contribution in [0.15, 0.2) is 36.4 Å². The van der Waals surface area contributed by atoms with Gasteiger partial charge in [0.05, 0.1) is 11.5 Å². The van der Waals surface area contributed by atoms with Crippen LogP contribution in [-0.4, -0.2) is 38.6 Å². The van der Waals surface area contributed by atoms with Crippen molar-refractivity contribution in [3.05, 3.63) is 53.2 Å². The van der Waals surface area contributed by atoms with Gasteiger partial charge in [-0.1, -0.05) is 30.3 Å². The molecule has 8 heteroatoms. The summed E-state index contributed by atoms with van der Waals surface area (Å²) in [6, 6.07) is 10.7. The number of hydrogen-bond donors (Lipinski definition) is 4. The Morgan fingerprint density at radius 2 is 1.92 bits per heavy atom. The van der Waals surface area contributed by atoms with E-state index in [4.69, 9.17) is 0 Å². The number of fused-ring (bicyclic) bond motifs is 1. The summed E-state index contributed by atoms with van der Waals surface area (Å²) in [6.45, 7) is 3.66. The van der Waals surface area contributed by atoms with Gasteiger partial charge in [0.15, 0.2) is 11.5 Å². The lowest BCUT2D eigenvalue weighted by Crippen LogP contribution is -2.37. The fourth-order valence-electron chi connectivity index (χ4n) is 2.70. The zero-order valence-corrected chi connectivity index (χ0v) is 14.4. The van der Waals surface area contributed by atoms with Crippen molar-refractivity contribution in [2.45, 2.75) is 20.0 Å². The molecule has 2 amide bonds. The van der Waals surface area contributed by atoms with Crippen LogP contribution in [0, 0.1) is 13.8 Å². The van der Waals surface area contributed by atoms with Gasteiger partial charge in [0.2, 0.25) is 0 Å². The van der Waals surface area contributed by atoms with Crippen LogP contribution in [0.1, 0.15) is 22.9 Å². The smallest absolute Gasteiger partial charge is 0.314 e. The highest BCUT2D eigenvalue weighted by molar-refractivity contribution is 6.40. The zero-order chi connectivity index (χ0) is 18.7. The second-order valence-corrected chi connectivity index (χ2v) is 5.97. The standard InChI is InChI=1S/C18H19N5O3/c1-10-8-11(2)20-15-14(10)16(23-22-15)21-18(26)17(25)19-9-13(24)12-6-4-3-5-7-12/h3-8,13,24H,9H2,1-2H3,(H,19,25)(H2,20,21,22,23,26). The monoisotopic (exact) mass is 353 g/mol. The number of aromatic nitrogens is 3. The zero-order valence-electron chi connectivity index (χ0n) is 14.4. The molecule has 0 aliphatic heterocycles. The third-order valence-corrected chi connectivity index (χ3v) is 3.93. The first-order chi connectivity index (χ1) is 12.5. The molecule has 1 unspecified atom stereocenters. The van der Waals surface area contributed by atoms with Gasteiger partial charge in [-0.2, -0.15) is 5.10 Å². The van der Waals surface area contributed by atoms with Crippen LogP contribution in [0.25, 0.3) is 11.0 Å². The number of carbonyl (C=O) groups excluding carboxylic acids is 2. The SMILES string of the molecule is Cc1cc(C)c2c(NC(=O)C(=O)NCC(O)c3ccccc3)n[nH]c2n1. The van der Waals surface area contributed by atoms with E-state index in [0.29, 0.717) is 16.6 Å². The van der Waals surface area contributed by atoms with Crippen molar-refractivity contribution in [3.8, 4) is 0 Å². The summed E-state index contributed by atoms with van der Waals surface area (Å²) in [5, 5.41) is 22.3. The molecule has 3 rings (SSSR count). The maximum atomic E-state index is 12.1. The number of anilines is 1. The van der Waals surface area contributed by atoms with Crippen LogP contribution in [-0.2, 0) is 9.59 Å². The maximum absolute atomic E-state index is 12.1. The van der Waals surface area contributed by atoms with Crippen molar-refractivity contribution in [2.75, 3.05) is 11.9 Å². The van der Waals surface area contributed by atoms with E-state index in [1.807, 2.05) is 26.0 Å². The maximum Gasteiger partial charge on any atom is 0.314 e. The van der Waals surface area contributed by atoms with Gasteiger partial charge < -0.3 is 15.7 Å². The van der Waals surface area contributed by atoms with Gasteiger partial charge in [-0.3, -0.25) is 14.7 Å². The topological polar surface area (TPSA) is 120 Å². The lowest BCUT2D eigenvalue weighted by atomic mass is 10.1. The van der Waals surface area contributed by atoms with Gasteiger partial charge >= 0.3 is 11.8 Å². The molecular weight excluding hydrogens is 334 g/mol. The molecule has 0 saturated heterocycles. The second-order valence-electron chi connectivity index (χ2n) is 5.97. The minimum atomic E-state index is -0.895. The predicted molar refractivity (Wildman–Crippen MR) is 96.4 cm³/mol. The average molecular weight is 353 g/mol. The highest BCUT2D eigenvalue weighted by atomic mass is 16.3. The van der Waals surface area contributed by atoms with E-state index >= 15 is 0 Å². The second kappa shape index (κ2) is 7.32. The van der Waals surface area contributed by atoms with Crippen LogP contribution in [0.5, 0.6) is 0 Å². The van der Waals surface area contributed by atoms with E-state index in [-0.39, 0.29) is 12.4 Å². The molecule has 0 bridgehead atoms. The molecule has 4 N–H and O–H groups in total. The van der Waals surface area contributed by atoms with E-state index in [2.05, 4.69) is 25.8 Å². The number of aliphatic hydroxyl groups is 1. The van der Waals surface area contributed by atoms with Crippen molar-refractivity contribution < 1.29 is 14.7 Å². The Kier molecular flexibility index (Phi) is 4.94. The molecule has 2 aromatic heterocycles. The number of pyridine rings is 1. The Hall–Kier alpha value is -3.26. The van der Waals surface area contributed by atoms with Crippen LogP contribution in [0.2, 0.25) is 0 Å². The molecule has 3 aromatic rings. The Morgan fingerprint density at radius 3 is 2.65 bits per heavy atom. The van der Waals surface area contributed by atoms with Crippen molar-refractivity contribution in [3.63, 3.8) is 0 Å². The molecule has 8 nitrogen and oxygen atoms in total. The lowest BCUT2D eigenvalue weighted by molar-refractivity contribution is -0.136. The quantitative estimate of drug-likeness (QED) is 0.528. The van der Waals surface area contributed by atoms with E-state index in [0.717, 1.165) is 11.3 Å². The predicted octanol–water partition coefficient (Wildman–Crippen LogP) is 1.36. The fraction of sp³-hybridized carbons (Fsp3) is 0.222. The number of nitrogens with one attached hydrogen (secondary N) is 3. The summed E-state index contributed by atoms with van der Waals surface area (Å²) in [5.41, 5.74) is 2.90. The number of aromatic amines is 1. The molecule has 0 aliphatic carbocycles. The molecule has 0 radical (unpaired) electrons. The van der Waals surface area contributed by atoms with Crippen molar-refractivity contribution in [2.24, 2.45) is 0 Å². The lowest BCUT2D eigenvalue weighted by Gasteiger charge is -2.11. The van der Waals surface area contributed by atoms with Crippen LogP contribution in [0.4, 0.5) is 5.82 Å². The van der Waals surface area contributed by atoms with Gasteiger partial charge in [-0.15, -0.1) is 0 Å². The number of amides is 2. The summed E-state index contributed by atoms with van der Waals surface area (Å²) < 4.78 is 0. The normalized spacial score (nSPS) is 12.0. The van der Waals surface area contributed by atoms with E-state index in [1.165, 1.54) is 0 Å². The molecule has 134 valence electrons. The molecular formula is C18H19N5O3. The molecule has 2 heterocycles. The van der Waals surface area contributed by atoms with E-state index in [9.17, 15) is 14.7 Å². The molecule has 1 aromatic carbocycles. The van der Waals surface area contributed by atoms with Crippen LogP contribution >= 0.6 is 0 Å². The average Bonchev–Trinajstić information content (AvgIpc) is 3.02. The first kappa shape index (κ1) is 17.6. The Bertz CT molecular complexity index is 952. The van der Waals surface area contributed by atoms with Gasteiger partial charge in [-0.05, 0) is 31.0 Å². The Morgan fingerprint density at radius 1 is 1.19 bits per heavy atom. The molecule has 0 saturated carbocycles. The number of benzene rings is 1. The summed E-state index contributed by atoms with van der Waals surface area (Å²) in [6.07, 6.45) is -0.895. The number of nitrogens with zero attached hydrogens (tertiary/aromatic N) is 2. The Labute approximate surface area is 149 Å². The highest BCUT2D eigenvalue weighted by Gasteiger charge is 2.19. The van der Waals surface area contributed by atoms with E-state index in [1.54, 1.807) is 24.3 Å². The van der Waals surface area contributed by atoms with Crippen LogP contribution in [0.3, 0.4) is 0 Å². The van der Waals surface area contributed by atoms with Gasteiger partial charge in [0, 0.05) is 12.2 Å². The summed E-state index contributed by atoms with van der Waals surface area (Å²) in [4.78, 5) is 28.4. The van der Waals surface area contributed by atoms with Crippen LogP contribution < -0.4 is 10.6 Å². The third-order valence-electron chi connectivity index (χ3n) is 3.93. The molecule has 1 atom stereocenters. The number of hydrogen-bond acceptors (Lipinski definition) is 5. The molecule has 0 spiro atoms. The minimum Gasteiger partial charge on any atom is -0.387 e. The Balaban J connectivity index is 1.64. The van der Waals surface area contributed by atoms with Gasteiger partial charge in [0.1, 0.15) is 0 Å². The summed E-state index contributed by atoms with van der Waals surface area (Å²) >= 11 is 0. The van der Waals surface area contributed by atoms with Gasteiger partial charge in [-0.25, -0.2) is 4.98 Å². The van der Waals surface area contributed by atoms with E-state index < -0.39 is 17.9 Å². The summed E-state index contributed by atoms with van der Waals surface area (Å²) in [5.74, 6) is -1.47. The molecule has 26 heavy (non-hydrogen) atoms. The first-order valence-corrected chi connectivity index (χ1v) is 8.10. The van der Waals surface area contributed by atoms with Crippen molar-refractivity contribution >= 4 is 28.7 Å². The minimum absolute atomic E-state index is 0.0721. The first-order valence-electron chi connectivity index (χ1n) is 8.10. The number of carbonyl (C=O) groups is 2. The number of aryl methyl sites for hydroxylation is 2. The summed E-state index contributed by atoms with van der Waals surface area (Å²) in [7, 11) is 0.